The summed E-state index contributed by atoms with van der Waals surface area (Å²) in [5.74, 6) is 2.55. The van der Waals surface area contributed by atoms with Gasteiger partial charge in [-0.05, 0) is 31.1 Å². The zero-order valence-electron chi connectivity index (χ0n) is 13.0. The Hall–Kier alpha value is -1.04. The van der Waals surface area contributed by atoms with Gasteiger partial charge in [0.25, 0.3) is 0 Å². The van der Waals surface area contributed by atoms with Crippen molar-refractivity contribution >= 4 is 15.7 Å². The fraction of sp³-hybridized carbons (Fsp3) is 0.800. The number of hydrogen-bond acceptors (Lipinski definition) is 4. The van der Waals surface area contributed by atoms with Crippen LogP contribution in [0.5, 0.6) is 0 Å². The lowest BCUT2D eigenvalue weighted by atomic mass is 9.93. The summed E-state index contributed by atoms with van der Waals surface area (Å²) in [5.41, 5.74) is 8.55. The van der Waals surface area contributed by atoms with E-state index in [2.05, 4.69) is 20.8 Å². The van der Waals surface area contributed by atoms with E-state index in [1.807, 2.05) is 0 Å². The second kappa shape index (κ2) is 5.00. The topological polar surface area (TPSA) is 78.0 Å². The van der Waals surface area contributed by atoms with Crippen LogP contribution < -0.4 is 5.73 Å². The number of rotatable bonds is 4. The Labute approximate surface area is 126 Å². The van der Waals surface area contributed by atoms with Gasteiger partial charge in [0.15, 0.2) is 9.84 Å². The maximum absolute atomic E-state index is 11.7. The van der Waals surface area contributed by atoms with E-state index in [0.717, 1.165) is 17.2 Å². The van der Waals surface area contributed by atoms with Crippen LogP contribution in [-0.2, 0) is 9.84 Å². The van der Waals surface area contributed by atoms with E-state index >= 15 is 0 Å². The molecule has 2 unspecified atom stereocenters. The van der Waals surface area contributed by atoms with Gasteiger partial charge in [0, 0.05) is 11.5 Å². The van der Waals surface area contributed by atoms with E-state index in [9.17, 15) is 8.42 Å². The summed E-state index contributed by atoms with van der Waals surface area (Å²) in [4.78, 5) is 0. The molecule has 5 nitrogen and oxygen atoms in total. The summed E-state index contributed by atoms with van der Waals surface area (Å²) in [6, 6.07) is -0.0901. The Balaban J connectivity index is 2.00. The third-order valence-corrected chi connectivity index (χ3v) is 6.66. The lowest BCUT2D eigenvalue weighted by Gasteiger charge is -2.12. The van der Waals surface area contributed by atoms with Gasteiger partial charge in [0.2, 0.25) is 0 Å². The van der Waals surface area contributed by atoms with Gasteiger partial charge in [-0.15, -0.1) is 0 Å². The molecule has 2 N–H and O–H groups in total. The smallest absolute Gasteiger partial charge is 0.152 e. The highest BCUT2D eigenvalue weighted by molar-refractivity contribution is 7.91. The van der Waals surface area contributed by atoms with Crippen LogP contribution >= 0.6 is 0 Å². The first-order chi connectivity index (χ1) is 9.80. The van der Waals surface area contributed by atoms with Crippen LogP contribution in [0.3, 0.4) is 0 Å². The van der Waals surface area contributed by atoms with E-state index < -0.39 is 9.84 Å². The van der Waals surface area contributed by atoms with E-state index in [-0.39, 0.29) is 17.5 Å². The van der Waals surface area contributed by atoms with Gasteiger partial charge in [-0.25, -0.2) is 13.1 Å². The molecule has 0 aromatic carbocycles. The van der Waals surface area contributed by atoms with Crippen molar-refractivity contribution < 1.29 is 8.42 Å². The van der Waals surface area contributed by atoms with Crippen LogP contribution in [-0.4, -0.2) is 29.7 Å². The molecule has 2 atom stereocenters. The van der Waals surface area contributed by atoms with Crippen molar-refractivity contribution in [2.45, 2.75) is 57.9 Å². The molecule has 118 valence electrons. The molecule has 2 heterocycles. The number of nitrogen functional groups attached to an aromatic ring is 1. The van der Waals surface area contributed by atoms with Crippen LogP contribution in [0, 0.1) is 5.92 Å². The summed E-state index contributed by atoms with van der Waals surface area (Å²) in [5, 5.41) is 4.77. The average Bonchev–Trinajstić information content (AvgIpc) is 3.09. The first-order valence-electron chi connectivity index (χ1n) is 7.88. The molecule has 0 spiro atoms. The second-order valence-corrected chi connectivity index (χ2v) is 9.20. The fourth-order valence-corrected chi connectivity index (χ4v) is 5.16. The predicted octanol–water partition coefficient (Wildman–Crippen LogP) is 2.46. The highest BCUT2D eigenvalue weighted by Crippen LogP contribution is 2.45. The van der Waals surface area contributed by atoms with Crippen LogP contribution in [0.4, 0.5) is 5.82 Å². The Morgan fingerprint density at radius 1 is 1.24 bits per heavy atom. The normalized spacial score (nSPS) is 26.4. The van der Waals surface area contributed by atoms with Gasteiger partial charge in [0.05, 0.1) is 23.2 Å². The summed E-state index contributed by atoms with van der Waals surface area (Å²) in [7, 11) is -2.92. The van der Waals surface area contributed by atoms with Crippen molar-refractivity contribution in [1.82, 2.24) is 9.78 Å². The molecule has 1 saturated heterocycles. The van der Waals surface area contributed by atoms with Crippen molar-refractivity contribution in [3.8, 4) is 0 Å². The van der Waals surface area contributed by atoms with Gasteiger partial charge < -0.3 is 5.73 Å². The molecule has 1 aliphatic carbocycles. The quantitative estimate of drug-likeness (QED) is 0.926. The standard InChI is InChI=1S/C15H25N3O2S/c1-9(2)13-14(10(3)11-4-5-11)17-18(15(13)16)12-6-7-21(19,20)8-12/h9-12H,4-8,16H2,1-3H3. The van der Waals surface area contributed by atoms with Crippen LogP contribution in [0.25, 0.3) is 0 Å². The molecule has 21 heavy (non-hydrogen) atoms. The molecule has 1 aliphatic heterocycles. The van der Waals surface area contributed by atoms with Crippen LogP contribution in [0.1, 0.15) is 69.2 Å². The van der Waals surface area contributed by atoms with Crippen molar-refractivity contribution in [2.75, 3.05) is 17.2 Å². The molecule has 0 amide bonds. The largest absolute Gasteiger partial charge is 0.384 e. The second-order valence-electron chi connectivity index (χ2n) is 6.97. The van der Waals surface area contributed by atoms with Gasteiger partial charge >= 0.3 is 0 Å². The number of nitrogens with zero attached hydrogens (tertiary/aromatic N) is 2. The van der Waals surface area contributed by atoms with E-state index in [1.54, 1.807) is 4.68 Å². The molecule has 1 aromatic heterocycles. The minimum absolute atomic E-state index is 0.0901. The molecular formula is C15H25N3O2S. The van der Waals surface area contributed by atoms with Gasteiger partial charge in [0.1, 0.15) is 5.82 Å². The molecule has 1 aromatic rings. The number of hydrogen-bond donors (Lipinski definition) is 1. The monoisotopic (exact) mass is 311 g/mol. The average molecular weight is 311 g/mol. The van der Waals surface area contributed by atoms with Gasteiger partial charge in [-0.3, -0.25) is 0 Å². The third-order valence-electron chi connectivity index (χ3n) is 4.91. The molecule has 3 rings (SSSR count). The highest BCUT2D eigenvalue weighted by atomic mass is 32.2. The molecule has 0 radical (unpaired) electrons. The SMILES string of the molecule is CC(C)c1c(C(C)C2CC2)nn(C2CCS(=O)(=O)C2)c1N. The predicted molar refractivity (Wildman–Crippen MR) is 84.2 cm³/mol. The van der Waals surface area contributed by atoms with E-state index in [4.69, 9.17) is 10.8 Å². The summed E-state index contributed by atoms with van der Waals surface area (Å²) >= 11 is 0. The third kappa shape index (κ3) is 2.70. The number of sulfone groups is 1. The molecule has 2 aliphatic rings. The van der Waals surface area contributed by atoms with Crippen LogP contribution in [0.2, 0.25) is 0 Å². The molecular weight excluding hydrogens is 286 g/mol. The number of anilines is 1. The molecule has 0 bridgehead atoms. The Morgan fingerprint density at radius 2 is 1.90 bits per heavy atom. The first-order valence-corrected chi connectivity index (χ1v) is 9.70. The first kappa shape index (κ1) is 14.9. The molecule has 1 saturated carbocycles. The fourth-order valence-electron chi connectivity index (χ4n) is 3.47. The zero-order valence-corrected chi connectivity index (χ0v) is 13.9. The summed E-state index contributed by atoms with van der Waals surface area (Å²) < 4.78 is 25.2. The lowest BCUT2D eigenvalue weighted by Crippen LogP contribution is -2.15. The molecule has 2 fully saturated rings. The number of nitrogens with two attached hydrogens (primary N) is 1. The minimum atomic E-state index is -2.92. The van der Waals surface area contributed by atoms with Crippen molar-refractivity contribution in [1.29, 1.82) is 0 Å². The lowest BCUT2D eigenvalue weighted by molar-refractivity contribution is 0.493. The summed E-state index contributed by atoms with van der Waals surface area (Å²) in [6.45, 7) is 6.49. The Kier molecular flexibility index (Phi) is 3.55. The van der Waals surface area contributed by atoms with Crippen molar-refractivity contribution in [2.24, 2.45) is 5.92 Å². The van der Waals surface area contributed by atoms with Gasteiger partial charge in [-0.1, -0.05) is 20.8 Å². The van der Waals surface area contributed by atoms with Crippen LogP contribution in [0.15, 0.2) is 0 Å². The number of aromatic nitrogens is 2. The van der Waals surface area contributed by atoms with Crippen molar-refractivity contribution in [3.05, 3.63) is 11.3 Å². The molecule has 6 heteroatoms. The maximum Gasteiger partial charge on any atom is 0.152 e. The zero-order chi connectivity index (χ0) is 15.4. The van der Waals surface area contributed by atoms with Crippen molar-refractivity contribution in [3.63, 3.8) is 0 Å². The summed E-state index contributed by atoms with van der Waals surface area (Å²) in [6.07, 6.45) is 3.16. The van der Waals surface area contributed by atoms with E-state index in [1.165, 1.54) is 12.8 Å². The highest BCUT2D eigenvalue weighted by Gasteiger charge is 2.36. The Morgan fingerprint density at radius 3 is 2.38 bits per heavy atom. The maximum atomic E-state index is 11.7. The Bertz CT molecular complexity index is 644. The van der Waals surface area contributed by atoms with Gasteiger partial charge in [-0.2, -0.15) is 5.10 Å². The van der Waals surface area contributed by atoms with E-state index in [0.29, 0.717) is 24.1 Å². The minimum Gasteiger partial charge on any atom is -0.384 e.